The van der Waals surface area contributed by atoms with Crippen molar-refractivity contribution in [3.05, 3.63) is 176 Å². The van der Waals surface area contributed by atoms with Gasteiger partial charge in [-0.15, -0.1) is 11.3 Å². The van der Waals surface area contributed by atoms with Crippen LogP contribution < -0.4 is 0 Å². The van der Waals surface area contributed by atoms with Crippen LogP contribution in [0.25, 0.3) is 87.7 Å². The molecule has 0 amide bonds. The lowest BCUT2D eigenvalue weighted by molar-refractivity contribution is 1.19. The minimum atomic E-state index is 0.705. The van der Waals surface area contributed by atoms with E-state index in [1.165, 1.54) is 21.4 Å². The van der Waals surface area contributed by atoms with E-state index >= 15 is 0 Å². The average molecular weight is 644 g/mol. The Bertz CT molecular complexity index is 2580. The molecule has 3 nitrogen and oxygen atoms in total. The highest BCUT2D eigenvalue weighted by Crippen LogP contribution is 2.39. The van der Waals surface area contributed by atoms with Gasteiger partial charge in [-0.25, -0.2) is 15.0 Å². The molecule has 9 rings (SSSR count). The van der Waals surface area contributed by atoms with Gasteiger partial charge in [0.05, 0.1) is 21.6 Å². The molecule has 0 aliphatic rings. The van der Waals surface area contributed by atoms with Gasteiger partial charge < -0.3 is 0 Å². The molecule has 0 aliphatic carbocycles. The first kappa shape index (κ1) is 29.0. The summed E-state index contributed by atoms with van der Waals surface area (Å²) in [5.41, 5.74) is 11.8. The molecule has 0 saturated carbocycles. The predicted molar refractivity (Wildman–Crippen MR) is 205 cm³/mol. The van der Waals surface area contributed by atoms with Crippen molar-refractivity contribution < 1.29 is 0 Å². The molecule has 0 spiro atoms. The monoisotopic (exact) mass is 643 g/mol. The summed E-state index contributed by atoms with van der Waals surface area (Å²) in [6.45, 7) is 0. The summed E-state index contributed by atoms with van der Waals surface area (Å²) in [7, 11) is 0. The van der Waals surface area contributed by atoms with Crippen molar-refractivity contribution in [3.63, 3.8) is 0 Å². The lowest BCUT2D eigenvalue weighted by Gasteiger charge is -2.14. The highest BCUT2D eigenvalue weighted by Gasteiger charge is 2.16. The van der Waals surface area contributed by atoms with E-state index in [4.69, 9.17) is 15.0 Å². The first-order chi connectivity index (χ1) is 24.3. The van der Waals surface area contributed by atoms with Crippen LogP contribution in [0.2, 0.25) is 0 Å². The molecule has 230 valence electrons. The van der Waals surface area contributed by atoms with Crippen LogP contribution in [0.1, 0.15) is 0 Å². The van der Waals surface area contributed by atoms with Gasteiger partial charge in [0.15, 0.2) is 5.82 Å². The van der Waals surface area contributed by atoms with Crippen molar-refractivity contribution in [2.45, 2.75) is 0 Å². The molecule has 0 saturated heterocycles. The van der Waals surface area contributed by atoms with E-state index in [0.717, 1.165) is 60.5 Å². The largest absolute Gasteiger partial charge is 0.236 e. The van der Waals surface area contributed by atoms with E-state index in [1.807, 2.05) is 18.2 Å². The summed E-state index contributed by atoms with van der Waals surface area (Å²) >= 11 is 1.73. The maximum absolute atomic E-state index is 5.21. The smallest absolute Gasteiger partial charge is 0.161 e. The molecule has 7 aromatic carbocycles. The zero-order valence-corrected chi connectivity index (χ0v) is 27.3. The van der Waals surface area contributed by atoms with Crippen molar-refractivity contribution in [1.29, 1.82) is 0 Å². The SMILES string of the molecule is c1ccc(-c2ccc(-c3cc(-c4ccccc4)nc(-c4ccc(-c5ccc6nc(-c7ccccc7)sc6c5)c5ccccc45)n3)cc2)cc1. The van der Waals surface area contributed by atoms with E-state index in [1.54, 1.807) is 11.3 Å². The van der Waals surface area contributed by atoms with Gasteiger partial charge in [-0.2, -0.15) is 0 Å². The van der Waals surface area contributed by atoms with Gasteiger partial charge in [0, 0.05) is 22.3 Å². The first-order valence-corrected chi connectivity index (χ1v) is 17.2. The summed E-state index contributed by atoms with van der Waals surface area (Å²) in [6.07, 6.45) is 0. The number of fused-ring (bicyclic) bond motifs is 2. The van der Waals surface area contributed by atoms with Crippen molar-refractivity contribution >= 4 is 32.3 Å². The summed E-state index contributed by atoms with van der Waals surface area (Å²) in [6, 6.07) is 61.5. The summed E-state index contributed by atoms with van der Waals surface area (Å²) < 4.78 is 1.17. The topological polar surface area (TPSA) is 38.7 Å². The van der Waals surface area contributed by atoms with Crippen LogP contribution in [-0.2, 0) is 0 Å². The van der Waals surface area contributed by atoms with E-state index in [9.17, 15) is 0 Å². The van der Waals surface area contributed by atoms with Gasteiger partial charge in [-0.3, -0.25) is 0 Å². The van der Waals surface area contributed by atoms with Crippen LogP contribution in [-0.4, -0.2) is 15.0 Å². The fourth-order valence-electron chi connectivity index (χ4n) is 6.48. The third-order valence-corrected chi connectivity index (χ3v) is 10.0. The van der Waals surface area contributed by atoms with Crippen molar-refractivity contribution in [3.8, 4) is 66.7 Å². The van der Waals surface area contributed by atoms with Gasteiger partial charge >= 0.3 is 0 Å². The van der Waals surface area contributed by atoms with E-state index in [2.05, 4.69) is 158 Å². The third kappa shape index (κ3) is 5.58. The molecule has 0 atom stereocenters. The number of nitrogens with zero attached hydrogens (tertiary/aromatic N) is 3. The van der Waals surface area contributed by atoms with Gasteiger partial charge in [0.2, 0.25) is 0 Å². The summed E-state index contributed by atoms with van der Waals surface area (Å²) in [5, 5.41) is 3.31. The van der Waals surface area contributed by atoms with Crippen LogP contribution in [0.4, 0.5) is 0 Å². The Hall–Kier alpha value is -6.23. The van der Waals surface area contributed by atoms with Gasteiger partial charge in [0.1, 0.15) is 5.01 Å². The maximum Gasteiger partial charge on any atom is 0.161 e. The van der Waals surface area contributed by atoms with Gasteiger partial charge in [-0.1, -0.05) is 152 Å². The maximum atomic E-state index is 5.21. The van der Waals surface area contributed by atoms with Crippen molar-refractivity contribution in [1.82, 2.24) is 15.0 Å². The number of rotatable bonds is 6. The molecule has 0 N–H and O–H groups in total. The Balaban J connectivity index is 1.16. The van der Waals surface area contributed by atoms with Gasteiger partial charge in [-0.05, 0) is 57.3 Å². The normalized spacial score (nSPS) is 11.3. The molecule has 2 heterocycles. The van der Waals surface area contributed by atoms with Crippen LogP contribution in [0.15, 0.2) is 176 Å². The Morgan fingerprint density at radius 1 is 0.347 bits per heavy atom. The highest BCUT2D eigenvalue weighted by molar-refractivity contribution is 7.21. The number of benzene rings is 7. The number of hydrogen-bond donors (Lipinski definition) is 0. The second-order valence-corrected chi connectivity index (χ2v) is 13.1. The fourth-order valence-corrected chi connectivity index (χ4v) is 7.49. The second kappa shape index (κ2) is 12.4. The summed E-state index contributed by atoms with van der Waals surface area (Å²) in [5.74, 6) is 0.705. The Labute approximate surface area is 288 Å². The van der Waals surface area contributed by atoms with Crippen LogP contribution in [0, 0.1) is 0 Å². The van der Waals surface area contributed by atoms with Crippen LogP contribution >= 0.6 is 11.3 Å². The van der Waals surface area contributed by atoms with Crippen molar-refractivity contribution in [2.75, 3.05) is 0 Å². The van der Waals surface area contributed by atoms with Gasteiger partial charge in [0.25, 0.3) is 0 Å². The Kier molecular flexibility index (Phi) is 7.34. The lowest BCUT2D eigenvalue weighted by Crippen LogP contribution is -1.97. The minimum absolute atomic E-state index is 0.705. The number of hydrogen-bond acceptors (Lipinski definition) is 4. The average Bonchev–Trinajstić information content (AvgIpc) is 3.62. The molecular weight excluding hydrogens is 615 g/mol. The molecule has 0 unspecified atom stereocenters. The van der Waals surface area contributed by atoms with Crippen molar-refractivity contribution in [2.24, 2.45) is 0 Å². The highest BCUT2D eigenvalue weighted by atomic mass is 32.1. The second-order valence-electron chi connectivity index (χ2n) is 12.0. The molecule has 0 fully saturated rings. The number of thiazole rings is 1. The molecule has 0 radical (unpaired) electrons. The third-order valence-electron chi connectivity index (χ3n) is 8.97. The molecule has 49 heavy (non-hydrogen) atoms. The fraction of sp³-hybridized carbons (Fsp3) is 0. The molecule has 4 heteroatoms. The van der Waals surface area contributed by atoms with E-state index in [0.29, 0.717) is 5.82 Å². The van der Waals surface area contributed by atoms with Crippen LogP contribution in [0.5, 0.6) is 0 Å². The number of aromatic nitrogens is 3. The first-order valence-electron chi connectivity index (χ1n) is 16.4. The van der Waals surface area contributed by atoms with E-state index in [-0.39, 0.29) is 0 Å². The zero-order chi connectivity index (χ0) is 32.6. The molecular formula is C45H29N3S. The molecule has 0 aliphatic heterocycles. The minimum Gasteiger partial charge on any atom is -0.236 e. The Morgan fingerprint density at radius 2 is 0.837 bits per heavy atom. The summed E-state index contributed by atoms with van der Waals surface area (Å²) in [4.78, 5) is 15.3. The lowest BCUT2D eigenvalue weighted by atomic mass is 9.94. The predicted octanol–water partition coefficient (Wildman–Crippen LogP) is 12.2. The molecule has 9 aromatic rings. The van der Waals surface area contributed by atoms with E-state index < -0.39 is 0 Å². The quantitative estimate of drug-likeness (QED) is 0.181. The molecule has 2 aromatic heterocycles. The standard InChI is InChI=1S/C45H29N3S/c1-4-12-30(13-5-1)31-20-22-33(23-21-31)42-29-41(32-14-6-2-7-15-32)46-44(47-42)39-26-25-36(37-18-10-11-19-38(37)39)35-24-27-40-43(28-35)49-45(48-40)34-16-8-3-9-17-34/h1-29H. The molecule has 0 bridgehead atoms. The van der Waals surface area contributed by atoms with Crippen LogP contribution in [0.3, 0.4) is 0 Å². The Morgan fingerprint density at radius 3 is 1.51 bits per heavy atom. The zero-order valence-electron chi connectivity index (χ0n) is 26.5.